The van der Waals surface area contributed by atoms with Crippen LogP contribution in [-0.2, 0) is 11.3 Å². The first-order valence-electron chi connectivity index (χ1n) is 5.57. The van der Waals surface area contributed by atoms with Gasteiger partial charge in [-0.2, -0.15) is 0 Å². The number of carbonyl (C=O) groups is 2. The van der Waals surface area contributed by atoms with Gasteiger partial charge >= 0.3 is 5.97 Å². The lowest BCUT2D eigenvalue weighted by atomic mass is 10.0. The van der Waals surface area contributed by atoms with Crippen LogP contribution in [0.2, 0.25) is 0 Å². The summed E-state index contributed by atoms with van der Waals surface area (Å²) in [5.74, 6) is -0.543. The topological polar surface area (TPSA) is 63.6 Å². The van der Waals surface area contributed by atoms with E-state index >= 15 is 0 Å². The first-order valence-corrected chi connectivity index (χ1v) is 5.57. The van der Waals surface area contributed by atoms with Crippen LogP contribution in [0.5, 0.6) is 0 Å². The number of hydrogen-bond acceptors (Lipinski definition) is 4. The average Bonchev–Trinajstić information content (AvgIpc) is 2.37. The molecule has 0 bridgehead atoms. The van der Waals surface area contributed by atoms with Gasteiger partial charge in [-0.3, -0.25) is 4.79 Å². The fraction of sp³-hybridized carbons (Fsp3) is 0.385. The van der Waals surface area contributed by atoms with Gasteiger partial charge in [-0.1, -0.05) is 6.92 Å². The summed E-state index contributed by atoms with van der Waals surface area (Å²) in [5, 5.41) is 9.09. The Balaban J connectivity index is 3.13. The molecule has 0 heterocycles. The Hall–Kier alpha value is -1.68. The smallest absolute Gasteiger partial charge is 0.338 e. The predicted octanol–water partition coefficient (Wildman–Crippen LogP) is 1.95. The minimum Gasteiger partial charge on any atom is -0.462 e. The lowest BCUT2D eigenvalue weighted by Crippen LogP contribution is -2.08. The molecule has 4 nitrogen and oxygen atoms in total. The molecule has 0 amide bonds. The van der Waals surface area contributed by atoms with E-state index in [0.717, 1.165) is 0 Å². The number of aliphatic hydroxyl groups is 1. The summed E-state index contributed by atoms with van der Waals surface area (Å²) in [7, 11) is 0. The highest BCUT2D eigenvalue weighted by Crippen LogP contribution is 2.13. The van der Waals surface area contributed by atoms with E-state index < -0.39 is 5.97 Å². The van der Waals surface area contributed by atoms with Crippen molar-refractivity contribution in [3.8, 4) is 0 Å². The van der Waals surface area contributed by atoms with Crippen molar-refractivity contribution in [1.82, 2.24) is 0 Å². The van der Waals surface area contributed by atoms with Crippen LogP contribution in [0, 0.1) is 0 Å². The minimum absolute atomic E-state index is 0.0640. The number of Topliss-reactive ketones (excluding diaryl/α,β-unsaturated/α-hetero) is 1. The van der Waals surface area contributed by atoms with E-state index in [0.29, 0.717) is 23.1 Å². The van der Waals surface area contributed by atoms with Gasteiger partial charge in [0.2, 0.25) is 0 Å². The Kier molecular flexibility index (Phi) is 4.84. The maximum Gasteiger partial charge on any atom is 0.338 e. The van der Waals surface area contributed by atoms with Crippen LogP contribution in [0.4, 0.5) is 0 Å². The van der Waals surface area contributed by atoms with Crippen molar-refractivity contribution in [3.05, 3.63) is 34.9 Å². The molecule has 1 N–H and O–H groups in total. The number of esters is 1. The summed E-state index contributed by atoms with van der Waals surface area (Å²) in [5.41, 5.74) is 1.27. The van der Waals surface area contributed by atoms with Gasteiger partial charge in [0.1, 0.15) is 0 Å². The molecule has 4 heteroatoms. The third-order valence-electron chi connectivity index (χ3n) is 2.33. The third-order valence-corrected chi connectivity index (χ3v) is 2.33. The number of benzene rings is 1. The van der Waals surface area contributed by atoms with Crippen molar-refractivity contribution in [2.24, 2.45) is 0 Å². The molecule has 0 saturated heterocycles. The highest BCUT2D eigenvalue weighted by molar-refractivity contribution is 5.99. The molecular weight excluding hydrogens is 220 g/mol. The Morgan fingerprint density at radius 2 is 1.82 bits per heavy atom. The Morgan fingerprint density at radius 3 is 2.35 bits per heavy atom. The first kappa shape index (κ1) is 13.4. The van der Waals surface area contributed by atoms with Crippen LogP contribution in [0.25, 0.3) is 0 Å². The van der Waals surface area contributed by atoms with Crippen LogP contribution >= 0.6 is 0 Å². The lowest BCUT2D eigenvalue weighted by Gasteiger charge is -2.07. The fourth-order valence-electron chi connectivity index (χ4n) is 1.48. The van der Waals surface area contributed by atoms with Gasteiger partial charge < -0.3 is 9.84 Å². The highest BCUT2D eigenvalue weighted by atomic mass is 16.5. The molecule has 0 spiro atoms. The van der Waals surface area contributed by atoms with Gasteiger partial charge in [0.05, 0.1) is 18.8 Å². The largest absolute Gasteiger partial charge is 0.462 e. The molecule has 0 unspecified atom stereocenters. The van der Waals surface area contributed by atoms with Crippen molar-refractivity contribution in [3.63, 3.8) is 0 Å². The standard InChI is InChI=1S/C13H16O4/c1-3-12(15)10-5-9(8-14)6-11(7-10)13(16)17-4-2/h5-7,14H,3-4,8H2,1-2H3. The van der Waals surface area contributed by atoms with Crippen LogP contribution in [0.1, 0.15) is 46.5 Å². The van der Waals surface area contributed by atoms with Gasteiger partial charge in [0, 0.05) is 12.0 Å². The quantitative estimate of drug-likeness (QED) is 0.627. The molecule has 0 aliphatic rings. The van der Waals surface area contributed by atoms with Crippen LogP contribution in [0.3, 0.4) is 0 Å². The molecule has 0 radical (unpaired) electrons. The number of hydrogen-bond donors (Lipinski definition) is 1. The van der Waals surface area contributed by atoms with Gasteiger partial charge in [-0.05, 0) is 30.7 Å². The summed E-state index contributed by atoms with van der Waals surface area (Å²) in [6.07, 6.45) is 0.358. The number of aliphatic hydroxyl groups excluding tert-OH is 1. The van der Waals surface area contributed by atoms with E-state index in [1.165, 1.54) is 12.1 Å². The van der Waals surface area contributed by atoms with E-state index in [4.69, 9.17) is 9.84 Å². The molecule has 92 valence electrons. The molecular formula is C13H16O4. The van der Waals surface area contributed by atoms with E-state index in [2.05, 4.69) is 0 Å². The molecule has 0 aliphatic heterocycles. The number of ether oxygens (including phenoxy) is 1. The highest BCUT2D eigenvalue weighted by Gasteiger charge is 2.12. The summed E-state index contributed by atoms with van der Waals surface area (Å²) in [6, 6.07) is 4.63. The zero-order valence-corrected chi connectivity index (χ0v) is 10.0. The van der Waals surface area contributed by atoms with E-state index in [1.54, 1.807) is 19.9 Å². The minimum atomic E-state index is -0.479. The van der Waals surface area contributed by atoms with Crippen molar-refractivity contribution in [1.29, 1.82) is 0 Å². The summed E-state index contributed by atoms with van der Waals surface area (Å²) in [4.78, 5) is 23.1. The average molecular weight is 236 g/mol. The molecule has 0 saturated carbocycles. The zero-order chi connectivity index (χ0) is 12.8. The molecule has 1 aromatic rings. The molecule has 0 atom stereocenters. The fourth-order valence-corrected chi connectivity index (χ4v) is 1.48. The van der Waals surface area contributed by atoms with Crippen LogP contribution < -0.4 is 0 Å². The number of rotatable bonds is 5. The second-order valence-corrected chi connectivity index (χ2v) is 3.57. The Bertz CT molecular complexity index is 423. The van der Waals surface area contributed by atoms with Crippen molar-refractivity contribution in [2.45, 2.75) is 26.9 Å². The van der Waals surface area contributed by atoms with Crippen molar-refractivity contribution >= 4 is 11.8 Å². The molecule has 1 rings (SSSR count). The maximum atomic E-state index is 11.6. The van der Waals surface area contributed by atoms with Crippen LogP contribution in [0.15, 0.2) is 18.2 Å². The van der Waals surface area contributed by atoms with E-state index in [-0.39, 0.29) is 19.0 Å². The van der Waals surface area contributed by atoms with Gasteiger partial charge in [-0.25, -0.2) is 4.79 Å². The monoisotopic (exact) mass is 236 g/mol. The normalized spacial score (nSPS) is 10.1. The molecule has 17 heavy (non-hydrogen) atoms. The maximum absolute atomic E-state index is 11.6. The SMILES string of the molecule is CCOC(=O)c1cc(CO)cc(C(=O)CC)c1. The lowest BCUT2D eigenvalue weighted by molar-refractivity contribution is 0.0526. The van der Waals surface area contributed by atoms with Gasteiger partial charge in [-0.15, -0.1) is 0 Å². The second kappa shape index (κ2) is 6.15. The predicted molar refractivity (Wildman–Crippen MR) is 62.9 cm³/mol. The summed E-state index contributed by atoms with van der Waals surface area (Å²) in [6.45, 7) is 3.53. The molecule has 0 fully saturated rings. The van der Waals surface area contributed by atoms with Gasteiger partial charge in [0.25, 0.3) is 0 Å². The number of carbonyl (C=O) groups excluding carboxylic acids is 2. The molecule has 1 aromatic carbocycles. The number of ketones is 1. The van der Waals surface area contributed by atoms with Crippen LogP contribution in [-0.4, -0.2) is 23.5 Å². The second-order valence-electron chi connectivity index (χ2n) is 3.57. The van der Waals surface area contributed by atoms with Crippen molar-refractivity contribution in [2.75, 3.05) is 6.61 Å². The third kappa shape index (κ3) is 3.39. The summed E-state index contributed by atoms with van der Waals surface area (Å²) < 4.78 is 4.86. The van der Waals surface area contributed by atoms with Crippen molar-refractivity contribution < 1.29 is 19.4 Å². The molecule has 0 aliphatic carbocycles. The van der Waals surface area contributed by atoms with Gasteiger partial charge in [0.15, 0.2) is 5.78 Å². The Morgan fingerprint density at radius 1 is 1.18 bits per heavy atom. The van der Waals surface area contributed by atoms with E-state index in [9.17, 15) is 9.59 Å². The Labute approximate surface area is 100 Å². The van der Waals surface area contributed by atoms with E-state index in [1.807, 2.05) is 0 Å². The first-order chi connectivity index (χ1) is 8.12. The zero-order valence-electron chi connectivity index (χ0n) is 10.0. The summed E-state index contributed by atoms with van der Waals surface area (Å²) >= 11 is 0. The molecule has 0 aromatic heterocycles.